The molecule has 7 nitrogen and oxygen atoms in total. The van der Waals surface area contributed by atoms with E-state index in [9.17, 15) is 23.4 Å². The molecule has 51 heavy (non-hydrogen) atoms. The number of hydrogen-bond donors (Lipinski definition) is 2. The molecule has 0 bridgehead atoms. The zero-order valence-electron chi connectivity index (χ0n) is 32.6. The SMILES string of the molecule is COc1c(C(C)(C)C)ccc(SC2(Sc3cc(C(C)(C)C)c(O)c(C(C)(C)C)c3)CCN(S(=O)(=O)c3cccc(C(=O)O)c3)CC2)c1C(C)(C)C. The number of methoxy groups -OCH3 is 1. The summed E-state index contributed by atoms with van der Waals surface area (Å²) in [7, 11) is -2.20. The largest absolute Gasteiger partial charge is 0.507 e. The molecule has 280 valence electrons. The van der Waals surface area contributed by atoms with Gasteiger partial charge in [0.1, 0.15) is 11.5 Å². The number of thioether (sulfide) groups is 2. The van der Waals surface area contributed by atoms with E-state index in [0.29, 0.717) is 18.6 Å². The van der Waals surface area contributed by atoms with Crippen LogP contribution in [0.15, 0.2) is 63.2 Å². The van der Waals surface area contributed by atoms with E-state index in [1.807, 2.05) is 0 Å². The van der Waals surface area contributed by atoms with Gasteiger partial charge in [0.2, 0.25) is 10.0 Å². The first-order chi connectivity index (χ1) is 23.2. The standard InChI is InChI=1S/C41H57NO6S3/c1-37(2,3)29-17-18-32(33(35(29)48-13)40(10,11)12)50-41(49-27-24-30(38(4,5)6)34(43)31(25-27)39(7,8)9)19-21-42(22-20-41)51(46,47)28-16-14-15-26(23-28)36(44)45/h14-18,23-25,43H,19-22H2,1-13H3,(H,44,45). The number of aromatic hydroxyl groups is 1. The Morgan fingerprint density at radius 2 is 1.29 bits per heavy atom. The minimum atomic E-state index is -3.94. The Bertz CT molecular complexity index is 1850. The normalized spacial score (nSPS) is 16.3. The third-order valence-electron chi connectivity index (χ3n) is 9.38. The lowest BCUT2D eigenvalue weighted by Crippen LogP contribution is -2.43. The number of carbonyl (C=O) groups is 1. The zero-order chi connectivity index (χ0) is 38.5. The van der Waals surface area contributed by atoms with Gasteiger partial charge in [0, 0.05) is 39.6 Å². The lowest BCUT2D eigenvalue weighted by Gasteiger charge is -2.42. The molecule has 4 rings (SSSR count). The van der Waals surface area contributed by atoms with Crippen molar-refractivity contribution in [2.45, 2.75) is 136 Å². The summed E-state index contributed by atoms with van der Waals surface area (Å²) in [6.07, 6.45) is 1.06. The molecule has 1 heterocycles. The summed E-state index contributed by atoms with van der Waals surface area (Å²) in [6.45, 7) is 26.3. The maximum Gasteiger partial charge on any atom is 0.335 e. The Morgan fingerprint density at radius 1 is 0.765 bits per heavy atom. The Balaban J connectivity index is 1.88. The van der Waals surface area contributed by atoms with E-state index in [-0.39, 0.29) is 45.2 Å². The van der Waals surface area contributed by atoms with Crippen molar-refractivity contribution in [3.8, 4) is 11.5 Å². The first kappa shape index (κ1) is 41.1. The van der Waals surface area contributed by atoms with Crippen LogP contribution in [0.25, 0.3) is 0 Å². The Morgan fingerprint density at radius 3 is 1.75 bits per heavy atom. The van der Waals surface area contributed by atoms with Crippen LogP contribution in [0.5, 0.6) is 11.5 Å². The fourth-order valence-corrected chi connectivity index (χ4v) is 11.4. The molecule has 0 atom stereocenters. The van der Waals surface area contributed by atoms with Gasteiger partial charge in [-0.1, -0.05) is 95.2 Å². The smallest absolute Gasteiger partial charge is 0.335 e. The predicted octanol–water partition coefficient (Wildman–Crippen LogP) is 10.4. The number of carboxylic acid groups (broad SMARTS) is 1. The van der Waals surface area contributed by atoms with Crippen molar-refractivity contribution in [1.29, 1.82) is 0 Å². The van der Waals surface area contributed by atoms with Gasteiger partial charge in [-0.15, -0.1) is 23.5 Å². The van der Waals surface area contributed by atoms with E-state index >= 15 is 0 Å². The van der Waals surface area contributed by atoms with Gasteiger partial charge in [0.25, 0.3) is 0 Å². The third kappa shape index (κ3) is 8.94. The van der Waals surface area contributed by atoms with E-state index in [4.69, 9.17) is 4.74 Å². The highest BCUT2D eigenvalue weighted by molar-refractivity contribution is 8.18. The van der Waals surface area contributed by atoms with Gasteiger partial charge in [-0.2, -0.15) is 4.31 Å². The van der Waals surface area contributed by atoms with Crippen LogP contribution in [0.2, 0.25) is 0 Å². The summed E-state index contributed by atoms with van der Waals surface area (Å²) in [5.41, 5.74) is 2.94. The van der Waals surface area contributed by atoms with Crippen LogP contribution in [0.3, 0.4) is 0 Å². The molecule has 2 N–H and O–H groups in total. The van der Waals surface area contributed by atoms with Crippen LogP contribution in [0, 0.1) is 0 Å². The lowest BCUT2D eigenvalue weighted by molar-refractivity contribution is 0.0696. The van der Waals surface area contributed by atoms with Crippen molar-refractivity contribution in [3.63, 3.8) is 0 Å². The van der Waals surface area contributed by atoms with E-state index in [1.165, 1.54) is 28.6 Å². The molecule has 10 heteroatoms. The molecule has 1 aliphatic rings. The molecule has 0 unspecified atom stereocenters. The second kappa shape index (κ2) is 14.3. The first-order valence-corrected chi connectivity index (χ1v) is 20.6. The predicted molar refractivity (Wildman–Crippen MR) is 212 cm³/mol. The number of phenolic OH excluding ortho intramolecular Hbond substituents is 1. The Labute approximate surface area is 315 Å². The minimum Gasteiger partial charge on any atom is -0.507 e. The molecule has 0 aliphatic carbocycles. The quantitative estimate of drug-likeness (QED) is 0.219. The van der Waals surface area contributed by atoms with E-state index < -0.39 is 20.1 Å². The summed E-state index contributed by atoms with van der Waals surface area (Å²) in [4.78, 5) is 13.8. The average molecular weight is 756 g/mol. The molecular formula is C41H57NO6S3. The third-order valence-corrected chi connectivity index (χ3v) is 14.4. The van der Waals surface area contributed by atoms with E-state index in [2.05, 4.69) is 107 Å². The van der Waals surface area contributed by atoms with Crippen molar-refractivity contribution in [3.05, 3.63) is 76.3 Å². The fraction of sp³-hybridized carbons (Fsp3) is 0.537. The van der Waals surface area contributed by atoms with Gasteiger partial charge in [-0.05, 0) is 76.5 Å². The average Bonchev–Trinajstić information content (AvgIpc) is 2.99. The first-order valence-electron chi connectivity index (χ1n) is 17.5. The monoisotopic (exact) mass is 755 g/mol. The van der Waals surface area contributed by atoms with Gasteiger partial charge < -0.3 is 14.9 Å². The molecule has 1 fully saturated rings. The van der Waals surface area contributed by atoms with Crippen LogP contribution in [0.4, 0.5) is 0 Å². The van der Waals surface area contributed by atoms with Crippen LogP contribution in [-0.4, -0.2) is 53.2 Å². The number of aromatic carboxylic acids is 1. The number of benzene rings is 3. The summed E-state index contributed by atoms with van der Waals surface area (Å²) in [5.74, 6) is 0.0365. The van der Waals surface area contributed by atoms with Crippen LogP contribution < -0.4 is 4.74 Å². The molecule has 3 aromatic carbocycles. The number of phenols is 1. The lowest BCUT2D eigenvalue weighted by atomic mass is 9.79. The summed E-state index contributed by atoms with van der Waals surface area (Å²) in [5, 5.41) is 21.0. The Hall–Kier alpha value is -2.66. The molecule has 0 aromatic heterocycles. The minimum absolute atomic E-state index is 0.0177. The van der Waals surface area contributed by atoms with Gasteiger partial charge >= 0.3 is 5.97 Å². The number of nitrogens with zero attached hydrogens (tertiary/aromatic N) is 1. The number of rotatable bonds is 8. The molecule has 1 aliphatic heterocycles. The highest BCUT2D eigenvalue weighted by Gasteiger charge is 2.43. The van der Waals surface area contributed by atoms with Gasteiger partial charge in [0.05, 0.1) is 21.6 Å². The highest BCUT2D eigenvalue weighted by atomic mass is 32.2. The topological polar surface area (TPSA) is 104 Å². The highest BCUT2D eigenvalue weighted by Crippen LogP contribution is 2.57. The van der Waals surface area contributed by atoms with Crippen LogP contribution in [0.1, 0.15) is 129 Å². The van der Waals surface area contributed by atoms with E-state index in [0.717, 1.165) is 37.8 Å². The summed E-state index contributed by atoms with van der Waals surface area (Å²) >= 11 is 3.52. The fourth-order valence-electron chi connectivity index (χ4n) is 6.62. The van der Waals surface area contributed by atoms with Crippen LogP contribution in [-0.2, 0) is 31.7 Å². The number of sulfonamides is 1. The zero-order valence-corrected chi connectivity index (χ0v) is 35.1. The maximum absolute atomic E-state index is 13.9. The van der Waals surface area contributed by atoms with Gasteiger partial charge in [-0.3, -0.25) is 0 Å². The summed E-state index contributed by atoms with van der Waals surface area (Å²) in [6, 6.07) is 14.2. The molecule has 1 saturated heterocycles. The van der Waals surface area contributed by atoms with Crippen LogP contribution >= 0.6 is 23.5 Å². The molecule has 0 saturated carbocycles. The second-order valence-electron chi connectivity index (χ2n) is 17.7. The summed E-state index contributed by atoms with van der Waals surface area (Å²) < 4.78 is 35.0. The van der Waals surface area contributed by atoms with Gasteiger partial charge in [-0.25, -0.2) is 13.2 Å². The number of ether oxygens (including phenoxy) is 1. The second-order valence-corrected chi connectivity index (χ2v) is 22.8. The molecule has 0 spiro atoms. The van der Waals surface area contributed by atoms with Crippen molar-refractivity contribution in [2.75, 3.05) is 20.2 Å². The van der Waals surface area contributed by atoms with Crippen molar-refractivity contribution in [1.82, 2.24) is 4.31 Å². The van der Waals surface area contributed by atoms with E-state index in [1.54, 1.807) is 30.6 Å². The van der Waals surface area contributed by atoms with Crippen molar-refractivity contribution in [2.24, 2.45) is 0 Å². The molecule has 3 aromatic rings. The number of piperidine rings is 1. The maximum atomic E-state index is 13.9. The number of hydrogen-bond acceptors (Lipinski definition) is 7. The molecule has 0 amide bonds. The van der Waals surface area contributed by atoms with Crippen molar-refractivity contribution >= 4 is 39.5 Å². The van der Waals surface area contributed by atoms with Crippen molar-refractivity contribution < 1.29 is 28.2 Å². The number of carboxylic acids is 1. The Kier molecular flexibility index (Phi) is 11.5. The van der Waals surface area contributed by atoms with Gasteiger partial charge in [0.15, 0.2) is 0 Å². The molecule has 0 radical (unpaired) electrons. The molecular weight excluding hydrogens is 699 g/mol.